The third-order valence-electron chi connectivity index (χ3n) is 2.40. The average molecular weight is 278 g/mol. The minimum Gasteiger partial charge on any atom is -0.444 e. The number of rotatable bonds is 3. The van der Waals surface area contributed by atoms with Gasteiger partial charge in [0.25, 0.3) is 0 Å². The largest absolute Gasteiger partial charge is 0.444 e. The Bertz CT molecular complexity index is 456. The van der Waals surface area contributed by atoms with Crippen LogP contribution in [-0.4, -0.2) is 17.2 Å². The molecular weight excluding hydrogens is 252 g/mol. The van der Waals surface area contributed by atoms with Crippen molar-refractivity contribution in [3.8, 4) is 0 Å². The van der Waals surface area contributed by atoms with Gasteiger partial charge in [0.05, 0.1) is 0 Å². The van der Waals surface area contributed by atoms with E-state index >= 15 is 0 Å². The SMILES string of the molecule is CC(C)(C)NCc1cccc(NC(=O)OC(C)(C)C)c1. The van der Waals surface area contributed by atoms with Crippen LogP contribution >= 0.6 is 0 Å². The molecule has 1 rings (SSSR count). The lowest BCUT2D eigenvalue weighted by atomic mass is 10.1. The first kappa shape index (κ1) is 16.5. The lowest BCUT2D eigenvalue weighted by Crippen LogP contribution is -2.35. The van der Waals surface area contributed by atoms with Crippen molar-refractivity contribution in [1.29, 1.82) is 0 Å². The molecule has 0 aromatic heterocycles. The number of hydrogen-bond acceptors (Lipinski definition) is 3. The second-order valence-corrected chi connectivity index (χ2v) is 6.93. The summed E-state index contributed by atoms with van der Waals surface area (Å²) in [6.45, 7) is 12.7. The van der Waals surface area contributed by atoms with Crippen molar-refractivity contribution in [2.24, 2.45) is 0 Å². The molecule has 0 aliphatic heterocycles. The van der Waals surface area contributed by atoms with Crippen LogP contribution < -0.4 is 10.6 Å². The Morgan fingerprint density at radius 2 is 1.80 bits per heavy atom. The highest BCUT2D eigenvalue weighted by molar-refractivity contribution is 5.84. The zero-order valence-corrected chi connectivity index (χ0v) is 13.3. The number of carbonyl (C=O) groups is 1. The summed E-state index contributed by atoms with van der Waals surface area (Å²) in [5.41, 5.74) is 1.44. The summed E-state index contributed by atoms with van der Waals surface area (Å²) in [6.07, 6.45) is -0.432. The molecule has 0 spiro atoms. The smallest absolute Gasteiger partial charge is 0.412 e. The van der Waals surface area contributed by atoms with Gasteiger partial charge in [-0.25, -0.2) is 4.79 Å². The number of anilines is 1. The number of benzene rings is 1. The Morgan fingerprint density at radius 1 is 1.15 bits per heavy atom. The van der Waals surface area contributed by atoms with E-state index in [1.165, 1.54) is 0 Å². The molecule has 1 amide bonds. The van der Waals surface area contributed by atoms with Crippen molar-refractivity contribution in [3.63, 3.8) is 0 Å². The molecule has 0 bridgehead atoms. The van der Waals surface area contributed by atoms with Gasteiger partial charge in [-0.2, -0.15) is 0 Å². The first-order chi connectivity index (χ1) is 9.05. The summed E-state index contributed by atoms with van der Waals surface area (Å²) >= 11 is 0. The third kappa shape index (κ3) is 7.14. The lowest BCUT2D eigenvalue weighted by molar-refractivity contribution is 0.0636. The Hall–Kier alpha value is -1.55. The number of carbonyl (C=O) groups excluding carboxylic acids is 1. The predicted molar refractivity (Wildman–Crippen MR) is 82.9 cm³/mol. The summed E-state index contributed by atoms with van der Waals surface area (Å²) in [6, 6.07) is 7.75. The van der Waals surface area contributed by atoms with Gasteiger partial charge in [0.15, 0.2) is 0 Å². The van der Waals surface area contributed by atoms with Crippen molar-refractivity contribution < 1.29 is 9.53 Å². The molecule has 0 saturated carbocycles. The Morgan fingerprint density at radius 3 is 2.35 bits per heavy atom. The minimum atomic E-state index is -0.491. The molecule has 112 valence electrons. The van der Waals surface area contributed by atoms with Crippen LogP contribution in [0.5, 0.6) is 0 Å². The van der Waals surface area contributed by atoms with E-state index in [1.807, 2.05) is 45.0 Å². The van der Waals surface area contributed by atoms with Gasteiger partial charge in [-0.05, 0) is 59.2 Å². The topological polar surface area (TPSA) is 50.4 Å². The highest BCUT2D eigenvalue weighted by Crippen LogP contribution is 2.14. The van der Waals surface area contributed by atoms with E-state index in [4.69, 9.17) is 4.74 Å². The Balaban J connectivity index is 2.62. The quantitative estimate of drug-likeness (QED) is 0.881. The molecule has 2 N–H and O–H groups in total. The van der Waals surface area contributed by atoms with E-state index in [1.54, 1.807) is 0 Å². The number of amides is 1. The fraction of sp³-hybridized carbons (Fsp3) is 0.562. The molecule has 0 aliphatic rings. The second kappa shape index (κ2) is 6.27. The first-order valence-electron chi connectivity index (χ1n) is 6.89. The van der Waals surface area contributed by atoms with Gasteiger partial charge in [-0.15, -0.1) is 0 Å². The van der Waals surface area contributed by atoms with Crippen molar-refractivity contribution in [2.75, 3.05) is 5.32 Å². The number of hydrogen-bond donors (Lipinski definition) is 2. The van der Waals surface area contributed by atoms with Crippen LogP contribution in [0.3, 0.4) is 0 Å². The van der Waals surface area contributed by atoms with Crippen LogP contribution in [0.4, 0.5) is 10.5 Å². The van der Waals surface area contributed by atoms with Crippen LogP contribution in [0.1, 0.15) is 47.1 Å². The highest BCUT2D eigenvalue weighted by Gasteiger charge is 2.16. The number of ether oxygens (including phenoxy) is 1. The van der Waals surface area contributed by atoms with Gasteiger partial charge >= 0.3 is 6.09 Å². The summed E-state index contributed by atoms with van der Waals surface area (Å²) in [7, 11) is 0. The molecule has 0 fully saturated rings. The molecule has 20 heavy (non-hydrogen) atoms. The second-order valence-electron chi connectivity index (χ2n) is 6.93. The molecule has 0 radical (unpaired) electrons. The summed E-state index contributed by atoms with van der Waals surface area (Å²) in [5.74, 6) is 0. The number of nitrogens with one attached hydrogen (secondary N) is 2. The molecule has 1 aromatic carbocycles. The molecule has 1 aromatic rings. The molecular formula is C16H26N2O2. The first-order valence-corrected chi connectivity index (χ1v) is 6.89. The Kier molecular flexibility index (Phi) is 5.17. The van der Waals surface area contributed by atoms with Crippen molar-refractivity contribution in [2.45, 2.75) is 59.2 Å². The van der Waals surface area contributed by atoms with Crippen molar-refractivity contribution in [3.05, 3.63) is 29.8 Å². The third-order valence-corrected chi connectivity index (χ3v) is 2.40. The van der Waals surface area contributed by atoms with Crippen LogP contribution in [0.15, 0.2) is 24.3 Å². The summed E-state index contributed by atoms with van der Waals surface area (Å²) < 4.78 is 5.23. The minimum absolute atomic E-state index is 0.0641. The maximum atomic E-state index is 11.7. The highest BCUT2D eigenvalue weighted by atomic mass is 16.6. The van der Waals surface area contributed by atoms with E-state index in [2.05, 4.69) is 31.4 Å². The summed E-state index contributed by atoms with van der Waals surface area (Å²) in [5, 5.41) is 6.16. The zero-order chi connectivity index (χ0) is 15.4. The molecule has 0 saturated heterocycles. The maximum absolute atomic E-state index is 11.7. The van der Waals surface area contributed by atoms with E-state index in [-0.39, 0.29) is 5.54 Å². The van der Waals surface area contributed by atoms with Crippen molar-refractivity contribution >= 4 is 11.8 Å². The van der Waals surface area contributed by atoms with E-state index in [9.17, 15) is 4.79 Å². The average Bonchev–Trinajstić information content (AvgIpc) is 2.23. The monoisotopic (exact) mass is 278 g/mol. The van der Waals surface area contributed by atoms with Gasteiger partial charge in [0.1, 0.15) is 5.60 Å². The lowest BCUT2D eigenvalue weighted by Gasteiger charge is -2.21. The van der Waals surface area contributed by atoms with Crippen LogP contribution in [-0.2, 0) is 11.3 Å². The predicted octanol–water partition coefficient (Wildman–Crippen LogP) is 3.92. The van der Waals surface area contributed by atoms with Gasteiger partial charge in [0.2, 0.25) is 0 Å². The van der Waals surface area contributed by atoms with Gasteiger partial charge in [-0.1, -0.05) is 12.1 Å². The van der Waals surface area contributed by atoms with Crippen LogP contribution in [0.25, 0.3) is 0 Å². The zero-order valence-electron chi connectivity index (χ0n) is 13.3. The fourth-order valence-corrected chi connectivity index (χ4v) is 1.55. The molecule has 0 aliphatic carbocycles. The fourth-order valence-electron chi connectivity index (χ4n) is 1.55. The van der Waals surface area contributed by atoms with Crippen LogP contribution in [0, 0.1) is 0 Å². The molecule has 0 unspecified atom stereocenters. The molecule has 0 heterocycles. The van der Waals surface area contributed by atoms with E-state index < -0.39 is 11.7 Å². The van der Waals surface area contributed by atoms with Gasteiger partial charge < -0.3 is 10.1 Å². The van der Waals surface area contributed by atoms with E-state index in [0.717, 1.165) is 17.8 Å². The maximum Gasteiger partial charge on any atom is 0.412 e. The molecule has 4 heteroatoms. The Labute approximate surface area is 121 Å². The molecule has 0 atom stereocenters. The molecule has 4 nitrogen and oxygen atoms in total. The van der Waals surface area contributed by atoms with Gasteiger partial charge in [0, 0.05) is 17.8 Å². The van der Waals surface area contributed by atoms with Crippen molar-refractivity contribution in [1.82, 2.24) is 5.32 Å². The van der Waals surface area contributed by atoms with E-state index in [0.29, 0.717) is 0 Å². The normalized spacial score (nSPS) is 12.1. The standard InChI is InChI=1S/C16H26N2O2/c1-15(2,3)17-11-12-8-7-9-13(10-12)18-14(19)20-16(4,5)6/h7-10,17H,11H2,1-6H3,(H,18,19). The van der Waals surface area contributed by atoms with Crippen LogP contribution in [0.2, 0.25) is 0 Å². The summed E-state index contributed by atoms with van der Waals surface area (Å²) in [4.78, 5) is 11.7. The van der Waals surface area contributed by atoms with Gasteiger partial charge in [-0.3, -0.25) is 5.32 Å².